The Morgan fingerprint density at radius 1 is 1.32 bits per heavy atom. The summed E-state index contributed by atoms with van der Waals surface area (Å²) in [7, 11) is 0. The lowest BCUT2D eigenvalue weighted by Gasteiger charge is -2.30. The van der Waals surface area contributed by atoms with E-state index in [2.05, 4.69) is 42.7 Å². The molecule has 1 heterocycles. The molecule has 2 rings (SSSR count). The molecule has 2 atom stereocenters. The molecule has 2 N–H and O–H groups in total. The van der Waals surface area contributed by atoms with Crippen LogP contribution in [0.1, 0.15) is 42.4 Å². The highest BCUT2D eigenvalue weighted by Gasteiger charge is 2.27. The van der Waals surface area contributed by atoms with Gasteiger partial charge in [-0.15, -0.1) is 0 Å². The zero-order chi connectivity index (χ0) is 13.8. The van der Waals surface area contributed by atoms with E-state index in [-0.39, 0.29) is 11.9 Å². The zero-order valence-corrected chi connectivity index (χ0v) is 12.1. The number of rotatable bonds is 3. The van der Waals surface area contributed by atoms with Crippen molar-refractivity contribution in [2.24, 2.45) is 0 Å². The van der Waals surface area contributed by atoms with E-state index in [4.69, 9.17) is 0 Å². The molecule has 1 saturated heterocycles. The lowest BCUT2D eigenvalue weighted by atomic mass is 9.85. The van der Waals surface area contributed by atoms with Crippen LogP contribution in [0.3, 0.4) is 0 Å². The molecular formula is C16H24N2O. The fourth-order valence-electron chi connectivity index (χ4n) is 2.96. The summed E-state index contributed by atoms with van der Waals surface area (Å²) in [5.74, 6) is 0.629. The molecule has 3 heteroatoms. The Morgan fingerprint density at radius 2 is 2.00 bits per heavy atom. The van der Waals surface area contributed by atoms with Crippen LogP contribution in [0.15, 0.2) is 18.2 Å². The molecule has 0 aromatic heterocycles. The van der Waals surface area contributed by atoms with Crippen molar-refractivity contribution in [3.05, 3.63) is 34.9 Å². The third kappa shape index (κ3) is 3.57. The van der Waals surface area contributed by atoms with Crippen molar-refractivity contribution in [1.82, 2.24) is 10.6 Å². The summed E-state index contributed by atoms with van der Waals surface area (Å²) in [6.45, 7) is 7.85. The lowest BCUT2D eigenvalue weighted by molar-refractivity contribution is -0.123. The van der Waals surface area contributed by atoms with Crippen LogP contribution in [0.5, 0.6) is 0 Å². The second-order valence-corrected chi connectivity index (χ2v) is 5.54. The first kappa shape index (κ1) is 14.1. The van der Waals surface area contributed by atoms with Crippen LogP contribution in [0.25, 0.3) is 0 Å². The minimum Gasteiger partial charge on any atom is -0.355 e. The Morgan fingerprint density at radius 3 is 2.63 bits per heavy atom. The average molecular weight is 260 g/mol. The summed E-state index contributed by atoms with van der Waals surface area (Å²) in [6, 6.07) is 6.68. The fraction of sp³-hybridized carbons (Fsp3) is 0.562. The predicted molar refractivity (Wildman–Crippen MR) is 78.4 cm³/mol. The van der Waals surface area contributed by atoms with Gasteiger partial charge in [-0.25, -0.2) is 0 Å². The number of carbonyl (C=O) groups is 1. The van der Waals surface area contributed by atoms with Gasteiger partial charge in [-0.1, -0.05) is 29.3 Å². The number of aryl methyl sites for hydroxylation is 2. The van der Waals surface area contributed by atoms with Gasteiger partial charge in [0.05, 0.1) is 6.04 Å². The van der Waals surface area contributed by atoms with Gasteiger partial charge < -0.3 is 10.6 Å². The molecule has 1 amide bonds. The fourth-order valence-corrected chi connectivity index (χ4v) is 2.96. The van der Waals surface area contributed by atoms with Gasteiger partial charge in [0, 0.05) is 6.54 Å². The standard InChI is InChI=1S/C16H24N2O/c1-4-17-16(19)15-10-13(5-6-18-15)14-8-11(2)7-12(3)9-14/h7-9,13,15,18H,4-6,10H2,1-3H3,(H,17,19). The van der Waals surface area contributed by atoms with Crippen LogP contribution in [-0.4, -0.2) is 25.0 Å². The van der Waals surface area contributed by atoms with E-state index in [1.54, 1.807) is 0 Å². The second-order valence-electron chi connectivity index (χ2n) is 5.54. The highest BCUT2D eigenvalue weighted by molar-refractivity contribution is 5.81. The number of carbonyl (C=O) groups excluding carboxylic acids is 1. The van der Waals surface area contributed by atoms with Crippen LogP contribution >= 0.6 is 0 Å². The van der Waals surface area contributed by atoms with Crippen LogP contribution in [0.2, 0.25) is 0 Å². The number of nitrogens with one attached hydrogen (secondary N) is 2. The van der Waals surface area contributed by atoms with E-state index in [0.29, 0.717) is 12.5 Å². The molecule has 0 radical (unpaired) electrons. The zero-order valence-electron chi connectivity index (χ0n) is 12.1. The van der Waals surface area contributed by atoms with Crippen molar-refractivity contribution in [2.75, 3.05) is 13.1 Å². The molecule has 1 aliphatic rings. The molecule has 1 aliphatic heterocycles. The first-order valence-corrected chi connectivity index (χ1v) is 7.19. The molecule has 0 spiro atoms. The van der Waals surface area contributed by atoms with E-state index >= 15 is 0 Å². The summed E-state index contributed by atoms with van der Waals surface area (Å²) in [6.07, 6.45) is 2.01. The Balaban J connectivity index is 2.10. The second kappa shape index (κ2) is 6.20. The molecule has 0 bridgehead atoms. The van der Waals surface area contributed by atoms with E-state index < -0.39 is 0 Å². The van der Waals surface area contributed by atoms with Crippen LogP contribution < -0.4 is 10.6 Å². The number of amides is 1. The van der Waals surface area contributed by atoms with E-state index in [9.17, 15) is 4.79 Å². The van der Waals surface area contributed by atoms with Crippen molar-refractivity contribution in [3.63, 3.8) is 0 Å². The van der Waals surface area contributed by atoms with Gasteiger partial charge in [0.25, 0.3) is 0 Å². The van der Waals surface area contributed by atoms with Gasteiger partial charge in [0.2, 0.25) is 5.91 Å². The molecular weight excluding hydrogens is 236 g/mol. The highest BCUT2D eigenvalue weighted by Crippen LogP contribution is 2.29. The summed E-state index contributed by atoms with van der Waals surface area (Å²) >= 11 is 0. The van der Waals surface area contributed by atoms with Gasteiger partial charge in [0.1, 0.15) is 0 Å². The van der Waals surface area contributed by atoms with E-state index in [1.807, 2.05) is 6.92 Å². The molecule has 1 fully saturated rings. The smallest absolute Gasteiger partial charge is 0.237 e. The number of hydrogen-bond acceptors (Lipinski definition) is 2. The van der Waals surface area contributed by atoms with Gasteiger partial charge in [-0.3, -0.25) is 4.79 Å². The van der Waals surface area contributed by atoms with Crippen LogP contribution in [0, 0.1) is 13.8 Å². The normalized spacial score (nSPS) is 23.1. The molecule has 0 saturated carbocycles. The quantitative estimate of drug-likeness (QED) is 0.875. The van der Waals surface area contributed by atoms with Crippen LogP contribution in [0.4, 0.5) is 0 Å². The van der Waals surface area contributed by atoms with Crippen LogP contribution in [-0.2, 0) is 4.79 Å². The SMILES string of the molecule is CCNC(=O)C1CC(c2cc(C)cc(C)c2)CCN1. The summed E-state index contributed by atoms with van der Waals surface area (Å²) in [5, 5.41) is 6.23. The van der Waals surface area contributed by atoms with Crippen molar-refractivity contribution in [3.8, 4) is 0 Å². The predicted octanol–water partition coefficient (Wildman–Crippen LogP) is 2.28. The van der Waals surface area contributed by atoms with E-state index in [1.165, 1.54) is 16.7 Å². The van der Waals surface area contributed by atoms with E-state index in [0.717, 1.165) is 19.4 Å². The maximum atomic E-state index is 11.9. The molecule has 1 aromatic carbocycles. The number of benzene rings is 1. The molecule has 0 aliphatic carbocycles. The average Bonchev–Trinajstić information content (AvgIpc) is 2.38. The monoisotopic (exact) mass is 260 g/mol. The van der Waals surface area contributed by atoms with Gasteiger partial charge in [0.15, 0.2) is 0 Å². The molecule has 104 valence electrons. The number of piperidine rings is 1. The maximum absolute atomic E-state index is 11.9. The third-order valence-corrected chi connectivity index (χ3v) is 3.79. The Bertz CT molecular complexity index is 436. The largest absolute Gasteiger partial charge is 0.355 e. The molecule has 19 heavy (non-hydrogen) atoms. The Hall–Kier alpha value is -1.35. The Kier molecular flexibility index (Phi) is 4.59. The third-order valence-electron chi connectivity index (χ3n) is 3.79. The minimum absolute atomic E-state index is 0.0421. The topological polar surface area (TPSA) is 41.1 Å². The summed E-state index contributed by atoms with van der Waals surface area (Å²) < 4.78 is 0. The maximum Gasteiger partial charge on any atom is 0.237 e. The highest BCUT2D eigenvalue weighted by atomic mass is 16.2. The molecule has 3 nitrogen and oxygen atoms in total. The van der Waals surface area contributed by atoms with Crippen molar-refractivity contribution < 1.29 is 4.79 Å². The van der Waals surface area contributed by atoms with Gasteiger partial charge >= 0.3 is 0 Å². The van der Waals surface area contributed by atoms with Gasteiger partial charge in [-0.05, 0) is 51.6 Å². The summed E-state index contributed by atoms with van der Waals surface area (Å²) in [5.41, 5.74) is 4.00. The number of likely N-dealkylation sites (N-methyl/N-ethyl adjacent to an activating group) is 1. The molecule has 1 aromatic rings. The van der Waals surface area contributed by atoms with Gasteiger partial charge in [-0.2, -0.15) is 0 Å². The van der Waals surface area contributed by atoms with Crippen molar-refractivity contribution in [1.29, 1.82) is 0 Å². The Labute approximate surface area is 115 Å². The summed E-state index contributed by atoms with van der Waals surface area (Å²) in [4.78, 5) is 11.9. The first-order valence-electron chi connectivity index (χ1n) is 7.19. The first-order chi connectivity index (χ1) is 9.10. The minimum atomic E-state index is -0.0421. The van der Waals surface area contributed by atoms with Crippen molar-refractivity contribution in [2.45, 2.75) is 45.6 Å². The van der Waals surface area contributed by atoms with Crippen molar-refractivity contribution >= 4 is 5.91 Å². The lowest BCUT2D eigenvalue weighted by Crippen LogP contribution is -2.48. The number of hydrogen-bond donors (Lipinski definition) is 2. The molecule has 2 unspecified atom stereocenters.